The lowest BCUT2D eigenvalue weighted by atomic mass is 10.2. The standard InChI is InChI=1S/C15H17NO4/c1-18-10-13-14(9-17)20-15(16-13)8-5-11-3-6-12(19-2)7-4-11/h3-8,17H,9-10H2,1-2H3. The van der Waals surface area contributed by atoms with Crippen molar-refractivity contribution in [1.82, 2.24) is 4.98 Å². The van der Waals surface area contributed by atoms with E-state index in [0.717, 1.165) is 11.3 Å². The fourth-order valence-electron chi connectivity index (χ4n) is 1.73. The highest BCUT2D eigenvalue weighted by molar-refractivity contribution is 5.66. The Bertz CT molecular complexity index is 572. The molecule has 0 saturated heterocycles. The molecule has 0 aliphatic rings. The van der Waals surface area contributed by atoms with Gasteiger partial charge in [-0.25, -0.2) is 4.98 Å². The molecule has 0 radical (unpaired) electrons. The summed E-state index contributed by atoms with van der Waals surface area (Å²) in [5, 5.41) is 9.17. The van der Waals surface area contributed by atoms with Crippen LogP contribution in [0.2, 0.25) is 0 Å². The molecule has 5 heteroatoms. The Morgan fingerprint density at radius 2 is 1.95 bits per heavy atom. The van der Waals surface area contributed by atoms with Crippen LogP contribution in [0.15, 0.2) is 28.7 Å². The van der Waals surface area contributed by atoms with Gasteiger partial charge in [-0.2, -0.15) is 0 Å². The van der Waals surface area contributed by atoms with Gasteiger partial charge >= 0.3 is 0 Å². The van der Waals surface area contributed by atoms with E-state index < -0.39 is 0 Å². The van der Waals surface area contributed by atoms with Gasteiger partial charge in [-0.1, -0.05) is 12.1 Å². The number of rotatable bonds is 6. The van der Waals surface area contributed by atoms with E-state index in [9.17, 15) is 5.11 Å². The number of aromatic nitrogens is 1. The number of hydrogen-bond acceptors (Lipinski definition) is 5. The number of aliphatic hydroxyl groups is 1. The zero-order valence-electron chi connectivity index (χ0n) is 11.5. The highest BCUT2D eigenvalue weighted by Gasteiger charge is 2.10. The molecule has 0 unspecified atom stereocenters. The quantitative estimate of drug-likeness (QED) is 0.877. The van der Waals surface area contributed by atoms with Crippen molar-refractivity contribution in [3.05, 3.63) is 47.2 Å². The Balaban J connectivity index is 2.13. The summed E-state index contributed by atoms with van der Waals surface area (Å²) in [6.07, 6.45) is 3.63. The summed E-state index contributed by atoms with van der Waals surface area (Å²) < 4.78 is 15.5. The van der Waals surface area contributed by atoms with Gasteiger partial charge < -0.3 is 19.0 Å². The second kappa shape index (κ2) is 6.88. The van der Waals surface area contributed by atoms with Crippen molar-refractivity contribution >= 4 is 12.2 Å². The van der Waals surface area contributed by atoms with Crippen LogP contribution < -0.4 is 4.74 Å². The zero-order valence-corrected chi connectivity index (χ0v) is 11.5. The predicted molar refractivity (Wildman–Crippen MR) is 75.1 cm³/mol. The summed E-state index contributed by atoms with van der Waals surface area (Å²) >= 11 is 0. The Morgan fingerprint density at radius 1 is 1.20 bits per heavy atom. The van der Waals surface area contributed by atoms with Gasteiger partial charge in [0.1, 0.15) is 18.1 Å². The molecule has 0 saturated carbocycles. The van der Waals surface area contributed by atoms with Crippen molar-refractivity contribution in [3.8, 4) is 5.75 Å². The van der Waals surface area contributed by atoms with Gasteiger partial charge in [0.05, 0.1) is 13.7 Å². The molecule has 20 heavy (non-hydrogen) atoms. The van der Waals surface area contributed by atoms with E-state index >= 15 is 0 Å². The Hall–Kier alpha value is -2.11. The lowest BCUT2D eigenvalue weighted by Gasteiger charge is -1.98. The van der Waals surface area contributed by atoms with Crippen molar-refractivity contribution in [2.75, 3.05) is 14.2 Å². The van der Waals surface area contributed by atoms with Crippen LogP contribution in [0.3, 0.4) is 0 Å². The minimum atomic E-state index is -0.192. The number of benzene rings is 1. The van der Waals surface area contributed by atoms with Gasteiger partial charge in [0.25, 0.3) is 0 Å². The Kier molecular flexibility index (Phi) is 4.92. The first-order chi connectivity index (χ1) is 9.76. The number of aliphatic hydroxyl groups excluding tert-OH is 1. The van der Waals surface area contributed by atoms with E-state index in [1.807, 2.05) is 30.3 Å². The van der Waals surface area contributed by atoms with Gasteiger partial charge in [0.15, 0.2) is 5.76 Å². The number of hydrogen-bond donors (Lipinski definition) is 1. The normalized spacial score (nSPS) is 11.2. The van der Waals surface area contributed by atoms with Gasteiger partial charge in [-0.3, -0.25) is 0 Å². The molecule has 2 aromatic rings. The average molecular weight is 275 g/mol. The molecule has 1 N–H and O–H groups in total. The van der Waals surface area contributed by atoms with E-state index in [-0.39, 0.29) is 6.61 Å². The van der Waals surface area contributed by atoms with E-state index in [1.54, 1.807) is 20.3 Å². The number of nitrogens with zero attached hydrogens (tertiary/aromatic N) is 1. The molecule has 0 atom stereocenters. The monoisotopic (exact) mass is 275 g/mol. The van der Waals surface area contributed by atoms with E-state index in [0.29, 0.717) is 24.0 Å². The minimum absolute atomic E-state index is 0.192. The van der Waals surface area contributed by atoms with Crippen molar-refractivity contribution in [1.29, 1.82) is 0 Å². The van der Waals surface area contributed by atoms with Crippen molar-refractivity contribution in [2.45, 2.75) is 13.2 Å². The van der Waals surface area contributed by atoms with Crippen LogP contribution in [-0.4, -0.2) is 24.3 Å². The lowest BCUT2D eigenvalue weighted by Crippen LogP contribution is -1.93. The van der Waals surface area contributed by atoms with Crippen LogP contribution in [-0.2, 0) is 18.0 Å². The zero-order chi connectivity index (χ0) is 14.4. The van der Waals surface area contributed by atoms with E-state index in [2.05, 4.69) is 4.98 Å². The molecule has 2 rings (SSSR count). The molecule has 0 aliphatic heterocycles. The summed E-state index contributed by atoms with van der Waals surface area (Å²) in [5.41, 5.74) is 1.62. The molecule has 0 aliphatic carbocycles. The predicted octanol–water partition coefficient (Wildman–Crippen LogP) is 2.49. The molecular formula is C15H17NO4. The third kappa shape index (κ3) is 3.46. The number of oxazole rings is 1. The highest BCUT2D eigenvalue weighted by atomic mass is 16.5. The SMILES string of the molecule is COCc1nc(C=Cc2ccc(OC)cc2)oc1CO. The fraction of sp³-hybridized carbons (Fsp3) is 0.267. The largest absolute Gasteiger partial charge is 0.497 e. The third-order valence-electron chi connectivity index (χ3n) is 2.75. The first kappa shape index (κ1) is 14.3. The molecule has 0 bridgehead atoms. The summed E-state index contributed by atoms with van der Waals surface area (Å²) in [6, 6.07) is 7.62. The maximum atomic E-state index is 9.17. The molecule has 0 fully saturated rings. The topological polar surface area (TPSA) is 64.7 Å². The second-order valence-corrected chi connectivity index (χ2v) is 4.12. The molecule has 1 aromatic carbocycles. The lowest BCUT2D eigenvalue weighted by molar-refractivity contribution is 0.175. The summed E-state index contributed by atoms with van der Waals surface area (Å²) in [4.78, 5) is 4.26. The molecule has 106 valence electrons. The molecule has 1 heterocycles. The van der Waals surface area contributed by atoms with Crippen molar-refractivity contribution in [2.24, 2.45) is 0 Å². The van der Waals surface area contributed by atoms with Gasteiger partial charge in [0.2, 0.25) is 5.89 Å². The molecule has 1 aromatic heterocycles. The smallest absolute Gasteiger partial charge is 0.219 e. The van der Waals surface area contributed by atoms with Crippen LogP contribution in [0, 0.1) is 0 Å². The first-order valence-corrected chi connectivity index (χ1v) is 6.17. The van der Waals surface area contributed by atoms with Gasteiger partial charge in [-0.15, -0.1) is 0 Å². The molecule has 0 spiro atoms. The van der Waals surface area contributed by atoms with Gasteiger partial charge in [-0.05, 0) is 23.8 Å². The average Bonchev–Trinajstić information content (AvgIpc) is 2.88. The number of ether oxygens (including phenoxy) is 2. The van der Waals surface area contributed by atoms with Crippen LogP contribution in [0.1, 0.15) is 22.9 Å². The molecule has 0 amide bonds. The van der Waals surface area contributed by atoms with Crippen molar-refractivity contribution < 1.29 is 19.0 Å². The summed E-state index contributed by atoms with van der Waals surface area (Å²) in [5.74, 6) is 1.68. The first-order valence-electron chi connectivity index (χ1n) is 6.17. The highest BCUT2D eigenvalue weighted by Crippen LogP contribution is 2.16. The Labute approximate surface area is 117 Å². The fourth-order valence-corrected chi connectivity index (χ4v) is 1.73. The molecular weight excluding hydrogens is 258 g/mol. The van der Waals surface area contributed by atoms with Crippen LogP contribution >= 0.6 is 0 Å². The van der Waals surface area contributed by atoms with E-state index in [4.69, 9.17) is 13.9 Å². The van der Waals surface area contributed by atoms with E-state index in [1.165, 1.54) is 0 Å². The maximum Gasteiger partial charge on any atom is 0.219 e. The Morgan fingerprint density at radius 3 is 2.55 bits per heavy atom. The minimum Gasteiger partial charge on any atom is -0.497 e. The van der Waals surface area contributed by atoms with Crippen molar-refractivity contribution in [3.63, 3.8) is 0 Å². The second-order valence-electron chi connectivity index (χ2n) is 4.12. The van der Waals surface area contributed by atoms with Crippen LogP contribution in [0.5, 0.6) is 5.75 Å². The summed E-state index contributed by atoms with van der Waals surface area (Å²) in [7, 11) is 3.20. The van der Waals surface area contributed by atoms with Crippen LogP contribution in [0.4, 0.5) is 0 Å². The molecule has 5 nitrogen and oxygen atoms in total. The number of methoxy groups -OCH3 is 2. The van der Waals surface area contributed by atoms with Crippen LogP contribution in [0.25, 0.3) is 12.2 Å². The maximum absolute atomic E-state index is 9.17. The van der Waals surface area contributed by atoms with Gasteiger partial charge in [0, 0.05) is 13.2 Å². The summed E-state index contributed by atoms with van der Waals surface area (Å²) in [6.45, 7) is 0.123. The third-order valence-corrected chi connectivity index (χ3v) is 2.75.